The van der Waals surface area contributed by atoms with Crippen molar-refractivity contribution in [2.45, 2.75) is 4.90 Å². The number of nitro groups is 1. The van der Waals surface area contributed by atoms with Gasteiger partial charge in [-0.2, -0.15) is 0 Å². The van der Waals surface area contributed by atoms with Crippen molar-refractivity contribution in [1.29, 1.82) is 0 Å². The Labute approximate surface area is 159 Å². The maximum absolute atomic E-state index is 11.8. The van der Waals surface area contributed by atoms with Crippen LogP contribution < -0.4 is 10.5 Å². The molecule has 3 N–H and O–H groups in total. The molecule has 1 amide bonds. The van der Waals surface area contributed by atoms with Gasteiger partial charge in [0.2, 0.25) is 10.0 Å². The van der Waals surface area contributed by atoms with E-state index in [0.29, 0.717) is 11.3 Å². The highest BCUT2D eigenvalue weighted by Gasteiger charge is 2.09. The Hall–Kier alpha value is -3.57. The highest BCUT2D eigenvalue weighted by molar-refractivity contribution is 7.89. The number of primary sulfonamides is 1. The van der Waals surface area contributed by atoms with Gasteiger partial charge in [0.05, 0.1) is 9.82 Å². The van der Waals surface area contributed by atoms with Crippen LogP contribution in [0.25, 0.3) is 6.08 Å². The first-order valence-corrected chi connectivity index (χ1v) is 9.22. The van der Waals surface area contributed by atoms with Gasteiger partial charge in [-0.25, -0.2) is 18.4 Å². The Kier molecular flexibility index (Phi) is 6.58. The van der Waals surface area contributed by atoms with Gasteiger partial charge in [-0.3, -0.25) is 14.9 Å². The van der Waals surface area contributed by atoms with Crippen molar-refractivity contribution in [3.8, 4) is 0 Å². The lowest BCUT2D eigenvalue weighted by Crippen LogP contribution is -2.20. The maximum Gasteiger partial charge on any atom is 0.331 e. The monoisotopic (exact) mass is 405 g/mol. The summed E-state index contributed by atoms with van der Waals surface area (Å²) in [6.07, 6.45) is 2.46. The van der Waals surface area contributed by atoms with E-state index in [0.717, 1.165) is 6.08 Å². The summed E-state index contributed by atoms with van der Waals surface area (Å²) in [5.74, 6) is -1.40. The van der Waals surface area contributed by atoms with E-state index in [1.807, 2.05) is 0 Å². The molecule has 2 aromatic rings. The summed E-state index contributed by atoms with van der Waals surface area (Å²) < 4.78 is 27.1. The lowest BCUT2D eigenvalue weighted by molar-refractivity contribution is -0.384. The number of amides is 1. The molecule has 0 fully saturated rings. The van der Waals surface area contributed by atoms with Crippen molar-refractivity contribution < 1.29 is 27.7 Å². The first-order chi connectivity index (χ1) is 13.1. The van der Waals surface area contributed by atoms with Gasteiger partial charge in [0.15, 0.2) is 6.61 Å². The Bertz CT molecular complexity index is 1010. The van der Waals surface area contributed by atoms with Crippen LogP contribution >= 0.6 is 0 Å². The van der Waals surface area contributed by atoms with E-state index in [4.69, 9.17) is 9.88 Å². The van der Waals surface area contributed by atoms with Crippen LogP contribution in [-0.4, -0.2) is 31.8 Å². The van der Waals surface area contributed by atoms with Crippen molar-refractivity contribution >= 4 is 39.4 Å². The third kappa shape index (κ3) is 6.30. The first-order valence-electron chi connectivity index (χ1n) is 7.67. The molecule has 0 saturated heterocycles. The van der Waals surface area contributed by atoms with E-state index in [1.165, 1.54) is 54.6 Å². The average Bonchev–Trinajstić information content (AvgIpc) is 2.64. The van der Waals surface area contributed by atoms with Crippen LogP contribution in [-0.2, 0) is 24.3 Å². The molecule has 0 aromatic heterocycles. The highest BCUT2D eigenvalue weighted by Crippen LogP contribution is 2.13. The molecule has 0 radical (unpaired) electrons. The third-order valence-corrected chi connectivity index (χ3v) is 4.26. The smallest absolute Gasteiger partial charge is 0.331 e. The molecule has 0 atom stereocenters. The lowest BCUT2D eigenvalue weighted by Gasteiger charge is -2.06. The van der Waals surface area contributed by atoms with Crippen molar-refractivity contribution in [1.82, 2.24) is 0 Å². The standard InChI is InChI=1S/C17H15N3O7S/c18-28(25,26)15-8-4-13(5-9-15)19-16(21)11-27-17(22)10-3-12-1-6-14(7-2-12)20(23)24/h1-10H,11H2,(H,19,21)(H2,18,25,26). The van der Waals surface area contributed by atoms with Crippen LogP contribution in [0.15, 0.2) is 59.5 Å². The number of nitrogens with two attached hydrogens (primary N) is 1. The number of carbonyl (C=O) groups excluding carboxylic acids is 2. The zero-order valence-corrected chi connectivity index (χ0v) is 15.1. The van der Waals surface area contributed by atoms with E-state index in [-0.39, 0.29) is 10.6 Å². The van der Waals surface area contributed by atoms with E-state index in [1.54, 1.807) is 0 Å². The summed E-state index contributed by atoms with van der Waals surface area (Å²) in [6, 6.07) is 10.6. The van der Waals surface area contributed by atoms with Gasteiger partial charge >= 0.3 is 5.97 Å². The van der Waals surface area contributed by atoms with Gasteiger partial charge in [0.25, 0.3) is 11.6 Å². The second-order valence-corrected chi connectivity index (χ2v) is 6.97. The molecular formula is C17H15N3O7S. The molecule has 146 valence electrons. The Balaban J connectivity index is 1.83. The molecule has 0 aliphatic heterocycles. The number of sulfonamides is 1. The highest BCUT2D eigenvalue weighted by atomic mass is 32.2. The van der Waals surface area contributed by atoms with Gasteiger partial charge in [0, 0.05) is 23.9 Å². The van der Waals surface area contributed by atoms with Crippen LogP contribution in [0.2, 0.25) is 0 Å². The fraction of sp³-hybridized carbons (Fsp3) is 0.0588. The van der Waals surface area contributed by atoms with Crippen molar-refractivity contribution in [3.63, 3.8) is 0 Å². The van der Waals surface area contributed by atoms with Gasteiger partial charge < -0.3 is 10.1 Å². The first kappa shape index (κ1) is 20.7. The molecule has 0 unspecified atom stereocenters. The van der Waals surface area contributed by atoms with E-state index >= 15 is 0 Å². The minimum Gasteiger partial charge on any atom is -0.452 e. The van der Waals surface area contributed by atoms with Crippen LogP contribution in [0.1, 0.15) is 5.56 Å². The fourth-order valence-electron chi connectivity index (χ4n) is 1.98. The molecular weight excluding hydrogens is 390 g/mol. The number of hydrogen-bond donors (Lipinski definition) is 2. The lowest BCUT2D eigenvalue weighted by atomic mass is 10.2. The molecule has 10 nitrogen and oxygen atoms in total. The molecule has 0 aliphatic rings. The summed E-state index contributed by atoms with van der Waals surface area (Å²) in [5, 5.41) is 18.0. The summed E-state index contributed by atoms with van der Waals surface area (Å²) >= 11 is 0. The molecule has 0 heterocycles. The van der Waals surface area contributed by atoms with E-state index in [9.17, 15) is 28.1 Å². The number of nitrogens with one attached hydrogen (secondary N) is 1. The number of non-ortho nitro benzene ring substituents is 1. The second kappa shape index (κ2) is 8.88. The van der Waals surface area contributed by atoms with Crippen molar-refractivity contribution in [2.24, 2.45) is 5.14 Å². The number of esters is 1. The Morgan fingerprint density at radius 1 is 1.11 bits per heavy atom. The zero-order chi connectivity index (χ0) is 20.7. The quantitative estimate of drug-likeness (QED) is 0.305. The van der Waals surface area contributed by atoms with E-state index < -0.39 is 33.4 Å². The Morgan fingerprint density at radius 3 is 2.25 bits per heavy atom. The normalized spacial score (nSPS) is 11.2. The number of benzene rings is 2. The summed E-state index contributed by atoms with van der Waals surface area (Å²) in [4.78, 5) is 33.3. The van der Waals surface area contributed by atoms with Gasteiger partial charge in [-0.15, -0.1) is 0 Å². The second-order valence-electron chi connectivity index (χ2n) is 5.41. The van der Waals surface area contributed by atoms with Gasteiger partial charge in [0.1, 0.15) is 0 Å². The number of carbonyl (C=O) groups is 2. The van der Waals surface area contributed by atoms with Crippen LogP contribution in [0.4, 0.5) is 11.4 Å². The number of nitro benzene ring substituents is 1. The minimum atomic E-state index is -3.83. The SMILES string of the molecule is NS(=O)(=O)c1ccc(NC(=O)COC(=O)C=Cc2ccc([N+](=O)[O-])cc2)cc1. The van der Waals surface area contributed by atoms with E-state index in [2.05, 4.69) is 5.32 Å². The molecule has 0 saturated carbocycles. The average molecular weight is 405 g/mol. The predicted octanol–water partition coefficient (Wildman–Crippen LogP) is 1.44. The van der Waals surface area contributed by atoms with Crippen molar-refractivity contribution in [3.05, 3.63) is 70.3 Å². The molecule has 2 aromatic carbocycles. The largest absolute Gasteiger partial charge is 0.452 e. The molecule has 0 aliphatic carbocycles. The number of anilines is 1. The molecule has 0 bridgehead atoms. The number of hydrogen-bond acceptors (Lipinski definition) is 7. The Morgan fingerprint density at radius 2 is 1.71 bits per heavy atom. The summed E-state index contributed by atoms with van der Waals surface area (Å²) in [5.41, 5.74) is 0.769. The topological polar surface area (TPSA) is 159 Å². The van der Waals surface area contributed by atoms with Gasteiger partial charge in [-0.05, 0) is 48.0 Å². The number of ether oxygens (including phenoxy) is 1. The third-order valence-electron chi connectivity index (χ3n) is 3.33. The predicted molar refractivity (Wildman–Crippen MR) is 99.5 cm³/mol. The summed E-state index contributed by atoms with van der Waals surface area (Å²) in [7, 11) is -3.83. The maximum atomic E-state index is 11.8. The van der Waals surface area contributed by atoms with Crippen LogP contribution in [0, 0.1) is 10.1 Å². The molecule has 28 heavy (non-hydrogen) atoms. The number of nitrogens with zero attached hydrogens (tertiary/aromatic N) is 1. The molecule has 11 heteroatoms. The fourth-order valence-corrected chi connectivity index (χ4v) is 2.50. The van der Waals surface area contributed by atoms with Crippen LogP contribution in [0.5, 0.6) is 0 Å². The molecule has 0 spiro atoms. The number of rotatable bonds is 7. The summed E-state index contributed by atoms with van der Waals surface area (Å²) in [6.45, 7) is -0.555. The van der Waals surface area contributed by atoms with Gasteiger partial charge in [-0.1, -0.05) is 0 Å². The minimum absolute atomic E-state index is 0.0755. The van der Waals surface area contributed by atoms with Crippen molar-refractivity contribution in [2.75, 3.05) is 11.9 Å². The van der Waals surface area contributed by atoms with Crippen LogP contribution in [0.3, 0.4) is 0 Å². The molecule has 2 rings (SSSR count). The zero-order valence-electron chi connectivity index (χ0n) is 14.3.